The average molecular weight is 976 g/mol. The molecule has 0 aromatic carbocycles. The van der Waals surface area contributed by atoms with Gasteiger partial charge in [-0.15, -0.1) is 0 Å². The summed E-state index contributed by atoms with van der Waals surface area (Å²) < 4.78 is 16.9. The molecule has 0 saturated heterocycles. The summed E-state index contributed by atoms with van der Waals surface area (Å²) in [5.41, 5.74) is 0. The van der Waals surface area contributed by atoms with Crippen LogP contribution in [0.15, 0.2) is 0 Å². The molecule has 0 spiro atoms. The molecule has 69 heavy (non-hydrogen) atoms. The SMILES string of the molecule is CCCCCCCCCCCCCCCCCCCC(=O)O[C@@H](COC(=O)CCCCCCCCCCCCCCCCCCCCC(C)CC)COC(=O)CCCCCCCCCCC(C)CC. The molecule has 0 aliphatic heterocycles. The van der Waals surface area contributed by atoms with Crippen molar-refractivity contribution in [3.8, 4) is 0 Å². The number of rotatable bonds is 57. The Kier molecular flexibility index (Phi) is 54.4. The zero-order valence-corrected chi connectivity index (χ0v) is 47.5. The van der Waals surface area contributed by atoms with Crippen molar-refractivity contribution < 1.29 is 28.6 Å². The Bertz CT molecular complexity index is 1060. The fourth-order valence-corrected chi connectivity index (χ4v) is 9.69. The molecule has 0 aromatic rings. The molecule has 0 bridgehead atoms. The largest absolute Gasteiger partial charge is 0.462 e. The van der Waals surface area contributed by atoms with Gasteiger partial charge in [0.25, 0.3) is 0 Å². The van der Waals surface area contributed by atoms with Crippen molar-refractivity contribution in [1.29, 1.82) is 0 Å². The Morgan fingerprint density at radius 2 is 0.507 bits per heavy atom. The molecule has 0 heterocycles. The minimum absolute atomic E-state index is 0.0625. The van der Waals surface area contributed by atoms with Crippen LogP contribution < -0.4 is 0 Å². The quantitative estimate of drug-likeness (QED) is 0.0343. The minimum atomic E-state index is -0.763. The number of carbonyl (C=O) groups is 3. The summed E-state index contributed by atoms with van der Waals surface area (Å²) in [6, 6.07) is 0. The summed E-state index contributed by atoms with van der Waals surface area (Å²) in [5.74, 6) is 0.922. The van der Waals surface area contributed by atoms with Crippen LogP contribution in [0.5, 0.6) is 0 Å². The molecule has 3 atom stereocenters. The lowest BCUT2D eigenvalue weighted by Gasteiger charge is -2.18. The lowest BCUT2D eigenvalue weighted by molar-refractivity contribution is -0.167. The first-order valence-corrected chi connectivity index (χ1v) is 31.3. The lowest BCUT2D eigenvalue weighted by atomic mass is 9.99. The third kappa shape index (κ3) is 54.0. The smallest absolute Gasteiger partial charge is 0.306 e. The van der Waals surface area contributed by atoms with Crippen LogP contribution in [0.25, 0.3) is 0 Å². The molecule has 0 aliphatic rings. The van der Waals surface area contributed by atoms with Gasteiger partial charge in [-0.25, -0.2) is 0 Å². The number of unbranched alkanes of at least 4 members (excludes halogenated alkanes) is 40. The van der Waals surface area contributed by atoms with Crippen molar-refractivity contribution >= 4 is 17.9 Å². The van der Waals surface area contributed by atoms with Gasteiger partial charge in [0.05, 0.1) is 0 Å². The highest BCUT2D eigenvalue weighted by Crippen LogP contribution is 2.19. The number of carbonyl (C=O) groups excluding carboxylic acids is 3. The maximum Gasteiger partial charge on any atom is 0.306 e. The minimum Gasteiger partial charge on any atom is -0.462 e. The summed E-state index contributed by atoms with van der Waals surface area (Å²) >= 11 is 0. The van der Waals surface area contributed by atoms with Crippen LogP contribution in [0.2, 0.25) is 0 Å². The average Bonchev–Trinajstić information content (AvgIpc) is 3.35. The predicted octanol–water partition coefficient (Wildman–Crippen LogP) is 20.8. The second kappa shape index (κ2) is 55.7. The molecule has 6 nitrogen and oxygen atoms in total. The molecule has 0 aliphatic carbocycles. The number of ether oxygens (including phenoxy) is 3. The van der Waals surface area contributed by atoms with E-state index in [0.717, 1.165) is 69.6 Å². The first-order chi connectivity index (χ1) is 33.8. The highest BCUT2D eigenvalue weighted by molar-refractivity contribution is 5.71. The summed E-state index contributed by atoms with van der Waals surface area (Å²) in [6.45, 7) is 11.5. The van der Waals surface area contributed by atoms with Gasteiger partial charge in [-0.3, -0.25) is 14.4 Å². The molecule has 6 heteroatoms. The van der Waals surface area contributed by atoms with Gasteiger partial charge in [-0.1, -0.05) is 317 Å². The van der Waals surface area contributed by atoms with E-state index < -0.39 is 6.10 Å². The second-order valence-corrected chi connectivity index (χ2v) is 22.2. The Morgan fingerprint density at radius 1 is 0.290 bits per heavy atom. The Labute approximate surface area is 431 Å². The number of hydrogen-bond donors (Lipinski definition) is 0. The highest BCUT2D eigenvalue weighted by atomic mass is 16.6. The number of hydrogen-bond acceptors (Lipinski definition) is 6. The molecular formula is C63H122O6. The number of esters is 3. The van der Waals surface area contributed by atoms with E-state index in [1.165, 1.54) is 244 Å². The van der Waals surface area contributed by atoms with Crippen molar-refractivity contribution in [3.63, 3.8) is 0 Å². The van der Waals surface area contributed by atoms with Crippen LogP contribution in [0.1, 0.15) is 356 Å². The first-order valence-electron chi connectivity index (χ1n) is 31.3. The molecule has 0 rings (SSSR count). The van der Waals surface area contributed by atoms with E-state index >= 15 is 0 Å². The second-order valence-electron chi connectivity index (χ2n) is 22.2. The van der Waals surface area contributed by atoms with Crippen molar-refractivity contribution in [1.82, 2.24) is 0 Å². The van der Waals surface area contributed by atoms with E-state index in [0.29, 0.717) is 19.3 Å². The summed E-state index contributed by atoms with van der Waals surface area (Å²) in [5, 5.41) is 0. The van der Waals surface area contributed by atoms with Crippen molar-refractivity contribution in [3.05, 3.63) is 0 Å². The van der Waals surface area contributed by atoms with Gasteiger partial charge < -0.3 is 14.2 Å². The van der Waals surface area contributed by atoms with Crippen LogP contribution in [-0.2, 0) is 28.6 Å². The van der Waals surface area contributed by atoms with E-state index in [-0.39, 0.29) is 31.1 Å². The van der Waals surface area contributed by atoms with Crippen molar-refractivity contribution in [2.45, 2.75) is 362 Å². The molecule has 2 unspecified atom stereocenters. The fraction of sp³-hybridized carbons (Fsp3) is 0.952. The van der Waals surface area contributed by atoms with Gasteiger partial charge in [0, 0.05) is 19.3 Å². The molecule has 0 saturated carbocycles. The van der Waals surface area contributed by atoms with Gasteiger partial charge in [0.1, 0.15) is 13.2 Å². The molecule has 0 aromatic heterocycles. The van der Waals surface area contributed by atoms with Crippen LogP contribution in [0.4, 0.5) is 0 Å². The predicted molar refractivity (Wildman–Crippen MR) is 298 cm³/mol. The summed E-state index contributed by atoms with van der Waals surface area (Å²) in [6.07, 6.45) is 60.9. The third-order valence-corrected chi connectivity index (χ3v) is 15.2. The normalized spacial score (nSPS) is 12.8. The zero-order valence-electron chi connectivity index (χ0n) is 47.5. The van der Waals surface area contributed by atoms with Gasteiger partial charge in [-0.2, -0.15) is 0 Å². The van der Waals surface area contributed by atoms with Gasteiger partial charge >= 0.3 is 17.9 Å². The lowest BCUT2D eigenvalue weighted by Crippen LogP contribution is -2.30. The standard InChI is InChI=1S/C63H122O6/c1-6-9-10-11-12-13-14-15-16-19-24-27-30-33-40-45-50-55-63(66)69-60(57-68-62(65)54-49-44-39-35-34-37-42-47-52-59(5)8-3)56-67-61(64)53-48-43-38-32-29-26-23-21-18-17-20-22-25-28-31-36-41-46-51-58(4)7-2/h58-60H,6-57H2,1-5H3/t58?,59?,60-/m0/s1. The Hall–Kier alpha value is -1.59. The monoisotopic (exact) mass is 975 g/mol. The molecule has 0 radical (unpaired) electrons. The van der Waals surface area contributed by atoms with E-state index in [2.05, 4.69) is 34.6 Å². The van der Waals surface area contributed by atoms with E-state index in [1.807, 2.05) is 0 Å². The van der Waals surface area contributed by atoms with Gasteiger partial charge in [0.2, 0.25) is 0 Å². The third-order valence-electron chi connectivity index (χ3n) is 15.2. The first kappa shape index (κ1) is 67.4. The van der Waals surface area contributed by atoms with Gasteiger partial charge in [0.15, 0.2) is 6.10 Å². The van der Waals surface area contributed by atoms with Crippen molar-refractivity contribution in [2.75, 3.05) is 13.2 Å². The summed E-state index contributed by atoms with van der Waals surface area (Å²) in [4.78, 5) is 38.2. The molecule has 0 fully saturated rings. The van der Waals surface area contributed by atoms with Crippen LogP contribution in [0.3, 0.4) is 0 Å². The summed E-state index contributed by atoms with van der Waals surface area (Å²) in [7, 11) is 0. The Morgan fingerprint density at radius 3 is 0.754 bits per heavy atom. The van der Waals surface area contributed by atoms with Crippen LogP contribution in [-0.4, -0.2) is 37.2 Å². The Balaban J connectivity index is 4.23. The van der Waals surface area contributed by atoms with Crippen LogP contribution in [0, 0.1) is 11.8 Å². The molecular weight excluding hydrogens is 853 g/mol. The van der Waals surface area contributed by atoms with E-state index in [1.54, 1.807) is 0 Å². The highest BCUT2D eigenvalue weighted by Gasteiger charge is 2.19. The van der Waals surface area contributed by atoms with E-state index in [9.17, 15) is 14.4 Å². The topological polar surface area (TPSA) is 78.9 Å². The fourth-order valence-electron chi connectivity index (χ4n) is 9.69. The molecule has 0 N–H and O–H groups in total. The van der Waals surface area contributed by atoms with Crippen molar-refractivity contribution in [2.24, 2.45) is 11.8 Å². The van der Waals surface area contributed by atoms with Crippen LogP contribution >= 0.6 is 0 Å². The molecule has 410 valence electrons. The maximum absolute atomic E-state index is 12.9. The zero-order chi connectivity index (χ0) is 50.4. The molecule has 0 amide bonds. The van der Waals surface area contributed by atoms with E-state index in [4.69, 9.17) is 14.2 Å². The van der Waals surface area contributed by atoms with Gasteiger partial charge in [-0.05, 0) is 31.1 Å². The maximum atomic E-state index is 12.9.